The predicted molar refractivity (Wildman–Crippen MR) is 94.1 cm³/mol. The lowest BCUT2D eigenvalue weighted by molar-refractivity contribution is -0.136. The highest BCUT2D eigenvalue weighted by Crippen LogP contribution is 2.15. The van der Waals surface area contributed by atoms with Crippen LogP contribution in [0.5, 0.6) is 0 Å². The number of rotatable bonds is 11. The second kappa shape index (κ2) is 10.9. The van der Waals surface area contributed by atoms with E-state index in [0.717, 1.165) is 38.7 Å². The van der Waals surface area contributed by atoms with Crippen molar-refractivity contribution < 1.29 is 18.8 Å². The molecule has 0 radical (unpaired) electrons. The minimum atomic E-state index is -0.272. The fourth-order valence-electron chi connectivity index (χ4n) is 2.96. The van der Waals surface area contributed by atoms with Crippen molar-refractivity contribution >= 4 is 17.6 Å². The molecule has 1 aromatic rings. The maximum Gasteiger partial charge on any atom is 0.245 e. The van der Waals surface area contributed by atoms with Crippen molar-refractivity contribution in [2.24, 2.45) is 0 Å². The molecule has 1 fully saturated rings. The molecule has 0 saturated carbocycles. The smallest absolute Gasteiger partial charge is 0.245 e. The maximum atomic E-state index is 12.6. The van der Waals surface area contributed by atoms with Gasteiger partial charge in [-0.3, -0.25) is 9.59 Å². The summed E-state index contributed by atoms with van der Waals surface area (Å²) in [5.41, 5.74) is 0. The lowest BCUT2D eigenvalue weighted by Crippen LogP contribution is -2.42. The maximum absolute atomic E-state index is 12.6. The van der Waals surface area contributed by atoms with Gasteiger partial charge in [-0.2, -0.15) is 0 Å². The summed E-state index contributed by atoms with van der Waals surface area (Å²) in [4.78, 5) is 26.4. The van der Waals surface area contributed by atoms with Crippen molar-refractivity contribution in [1.29, 1.82) is 0 Å². The number of anilines is 1. The van der Waals surface area contributed by atoms with Gasteiger partial charge in [0, 0.05) is 25.6 Å². The van der Waals surface area contributed by atoms with Crippen molar-refractivity contribution in [3.63, 3.8) is 0 Å². The first-order chi connectivity index (χ1) is 12.2. The van der Waals surface area contributed by atoms with Gasteiger partial charge in [-0.1, -0.05) is 37.8 Å². The van der Waals surface area contributed by atoms with Crippen LogP contribution in [0.2, 0.25) is 0 Å². The molecule has 2 rings (SSSR count). The minimum Gasteiger partial charge on any atom is -0.376 e. The van der Waals surface area contributed by atoms with Crippen molar-refractivity contribution in [2.75, 3.05) is 25.0 Å². The Kier molecular flexibility index (Phi) is 8.45. The summed E-state index contributed by atoms with van der Waals surface area (Å²) in [5, 5.41) is 6.29. The monoisotopic (exact) mass is 351 g/mol. The first-order valence-electron chi connectivity index (χ1n) is 9.28. The fourth-order valence-corrected chi connectivity index (χ4v) is 2.96. The summed E-state index contributed by atoms with van der Waals surface area (Å²) >= 11 is 0. The highest BCUT2D eigenvalue weighted by Gasteiger charge is 2.24. The van der Waals surface area contributed by atoms with Crippen LogP contribution in [0, 0.1) is 0 Å². The SMILES string of the molecule is CCCCCCCC(=O)N(CC(=O)Nc1ccon1)CC1CCCO1. The number of ether oxygens (including phenoxy) is 1. The van der Waals surface area contributed by atoms with Gasteiger partial charge in [0.2, 0.25) is 11.8 Å². The van der Waals surface area contributed by atoms with E-state index in [1.54, 1.807) is 11.0 Å². The predicted octanol–water partition coefficient (Wildman–Crippen LogP) is 2.98. The molecule has 1 aliphatic heterocycles. The minimum absolute atomic E-state index is 0.0144. The third-order valence-corrected chi connectivity index (χ3v) is 4.33. The summed E-state index contributed by atoms with van der Waals surface area (Å²) in [5.74, 6) is 0.0996. The molecule has 0 aromatic carbocycles. The van der Waals surface area contributed by atoms with Gasteiger partial charge in [0.05, 0.1) is 12.6 Å². The normalized spacial score (nSPS) is 16.8. The molecule has 1 aromatic heterocycles. The summed E-state index contributed by atoms with van der Waals surface area (Å²) in [6.45, 7) is 3.39. The molecule has 1 atom stereocenters. The van der Waals surface area contributed by atoms with Crippen LogP contribution in [0.15, 0.2) is 16.9 Å². The van der Waals surface area contributed by atoms with E-state index in [1.165, 1.54) is 19.1 Å². The number of aromatic nitrogens is 1. The molecule has 2 heterocycles. The summed E-state index contributed by atoms with van der Waals surface area (Å²) in [6, 6.07) is 1.57. The van der Waals surface area contributed by atoms with E-state index < -0.39 is 0 Å². The molecule has 7 nitrogen and oxygen atoms in total. The van der Waals surface area contributed by atoms with Crippen LogP contribution in [-0.2, 0) is 14.3 Å². The zero-order chi connectivity index (χ0) is 17.9. The number of nitrogens with zero attached hydrogens (tertiary/aromatic N) is 2. The molecular weight excluding hydrogens is 322 g/mol. The second-order valence-electron chi connectivity index (χ2n) is 6.51. The average molecular weight is 351 g/mol. The van der Waals surface area contributed by atoms with Gasteiger partial charge in [0.1, 0.15) is 6.26 Å². The van der Waals surface area contributed by atoms with Crippen molar-refractivity contribution in [3.8, 4) is 0 Å². The summed E-state index contributed by atoms with van der Waals surface area (Å²) in [7, 11) is 0. The topological polar surface area (TPSA) is 84.7 Å². The van der Waals surface area contributed by atoms with Gasteiger partial charge in [-0.15, -0.1) is 0 Å². The molecule has 1 aliphatic rings. The van der Waals surface area contributed by atoms with Gasteiger partial charge in [0.25, 0.3) is 0 Å². The van der Waals surface area contributed by atoms with Crippen molar-refractivity contribution in [2.45, 2.75) is 64.4 Å². The molecule has 0 aliphatic carbocycles. The quantitative estimate of drug-likeness (QED) is 0.620. The number of carbonyl (C=O) groups is 2. The lowest BCUT2D eigenvalue weighted by Gasteiger charge is -2.25. The van der Waals surface area contributed by atoms with Gasteiger partial charge < -0.3 is 19.5 Å². The van der Waals surface area contributed by atoms with Crippen LogP contribution in [0.3, 0.4) is 0 Å². The molecule has 0 spiro atoms. The van der Waals surface area contributed by atoms with Crippen LogP contribution >= 0.6 is 0 Å². The van der Waals surface area contributed by atoms with Crippen molar-refractivity contribution in [3.05, 3.63) is 12.3 Å². The third kappa shape index (κ3) is 7.25. The van der Waals surface area contributed by atoms with Crippen LogP contribution in [0.25, 0.3) is 0 Å². The molecule has 1 saturated heterocycles. The first kappa shape index (κ1) is 19.4. The van der Waals surface area contributed by atoms with Gasteiger partial charge in [-0.25, -0.2) is 0 Å². The first-order valence-corrected chi connectivity index (χ1v) is 9.28. The van der Waals surface area contributed by atoms with Crippen LogP contribution < -0.4 is 5.32 Å². The Morgan fingerprint density at radius 2 is 2.16 bits per heavy atom. The Balaban J connectivity index is 1.82. The molecule has 25 heavy (non-hydrogen) atoms. The number of hydrogen-bond donors (Lipinski definition) is 1. The molecule has 140 valence electrons. The lowest BCUT2D eigenvalue weighted by atomic mass is 10.1. The molecule has 2 amide bonds. The molecule has 7 heteroatoms. The fraction of sp³-hybridized carbons (Fsp3) is 0.722. The number of amides is 2. The van der Waals surface area contributed by atoms with E-state index in [2.05, 4.69) is 17.4 Å². The van der Waals surface area contributed by atoms with Crippen molar-refractivity contribution in [1.82, 2.24) is 10.1 Å². The van der Waals surface area contributed by atoms with Gasteiger partial charge in [-0.05, 0) is 19.3 Å². The molecule has 0 bridgehead atoms. The molecular formula is C18H29N3O4. The second-order valence-corrected chi connectivity index (χ2v) is 6.51. The summed E-state index contributed by atoms with van der Waals surface area (Å²) in [6.07, 6.45) is 9.31. The summed E-state index contributed by atoms with van der Waals surface area (Å²) < 4.78 is 10.3. The number of unbranched alkanes of at least 4 members (excludes halogenated alkanes) is 4. The molecule has 1 unspecified atom stereocenters. The van der Waals surface area contributed by atoms with E-state index in [-0.39, 0.29) is 24.5 Å². The van der Waals surface area contributed by atoms with E-state index in [1.807, 2.05) is 0 Å². The molecule has 1 N–H and O–H groups in total. The van der Waals surface area contributed by atoms with E-state index in [4.69, 9.17) is 9.26 Å². The Labute approximate surface area is 149 Å². The highest BCUT2D eigenvalue weighted by atomic mass is 16.5. The highest BCUT2D eigenvalue weighted by molar-refractivity contribution is 5.93. The average Bonchev–Trinajstić information content (AvgIpc) is 3.27. The standard InChI is InChI=1S/C18H29N3O4/c1-2-3-4-5-6-9-18(23)21(13-15-8-7-11-24-15)14-17(22)19-16-10-12-25-20-16/h10,12,15H,2-9,11,13-14H2,1H3,(H,19,20,22). The van der Waals surface area contributed by atoms with Gasteiger partial charge >= 0.3 is 0 Å². The number of hydrogen-bond acceptors (Lipinski definition) is 5. The van der Waals surface area contributed by atoms with Crippen LogP contribution in [0.1, 0.15) is 58.3 Å². The Bertz CT molecular complexity index is 512. The van der Waals surface area contributed by atoms with Crippen LogP contribution in [0.4, 0.5) is 5.82 Å². The Morgan fingerprint density at radius 3 is 2.84 bits per heavy atom. The Hall–Kier alpha value is -1.89. The van der Waals surface area contributed by atoms with Crippen LogP contribution in [-0.4, -0.2) is 47.7 Å². The third-order valence-electron chi connectivity index (χ3n) is 4.33. The number of carbonyl (C=O) groups excluding carboxylic acids is 2. The van der Waals surface area contributed by atoms with E-state index >= 15 is 0 Å². The largest absolute Gasteiger partial charge is 0.376 e. The zero-order valence-electron chi connectivity index (χ0n) is 15.0. The van der Waals surface area contributed by atoms with E-state index in [9.17, 15) is 9.59 Å². The number of nitrogens with one attached hydrogen (secondary N) is 1. The zero-order valence-corrected chi connectivity index (χ0v) is 15.0. The van der Waals surface area contributed by atoms with E-state index in [0.29, 0.717) is 18.8 Å². The Morgan fingerprint density at radius 1 is 1.32 bits per heavy atom. The van der Waals surface area contributed by atoms with Gasteiger partial charge in [0.15, 0.2) is 5.82 Å².